The van der Waals surface area contributed by atoms with E-state index in [1.54, 1.807) is 0 Å². The molecule has 0 amide bonds. The summed E-state index contributed by atoms with van der Waals surface area (Å²) >= 11 is 3.36. The minimum Gasteiger partial charge on any atom is -0.397 e. The van der Waals surface area contributed by atoms with Gasteiger partial charge >= 0.3 is 0 Å². The Kier molecular flexibility index (Phi) is 4.32. The van der Waals surface area contributed by atoms with E-state index in [0.29, 0.717) is 17.9 Å². The summed E-state index contributed by atoms with van der Waals surface area (Å²) in [5.41, 5.74) is 7.87. The molecule has 0 saturated carbocycles. The third-order valence-electron chi connectivity index (χ3n) is 2.75. The van der Waals surface area contributed by atoms with Gasteiger partial charge in [0.1, 0.15) is 0 Å². The molecule has 7 heteroatoms. The lowest BCUT2D eigenvalue weighted by atomic mass is 10.2. The summed E-state index contributed by atoms with van der Waals surface area (Å²) in [7, 11) is -3.73. The van der Waals surface area contributed by atoms with Crippen LogP contribution >= 0.6 is 15.9 Å². The summed E-state index contributed by atoms with van der Waals surface area (Å²) in [6, 6.07) is 12.1. The molecule has 0 aliphatic rings. The fourth-order valence-electron chi connectivity index (χ4n) is 1.67. The molecular formula is C13H14BrN3O2S. The van der Waals surface area contributed by atoms with Gasteiger partial charge in [0, 0.05) is 11.0 Å². The molecule has 0 bridgehead atoms. The highest BCUT2D eigenvalue weighted by molar-refractivity contribution is 9.10. The van der Waals surface area contributed by atoms with Crippen LogP contribution < -0.4 is 16.2 Å². The molecular weight excluding hydrogens is 342 g/mol. The minimum absolute atomic E-state index is 0.0324. The number of nitrogens with two attached hydrogens (primary N) is 2. The number of nitrogen functional groups attached to an aromatic ring is 1. The summed E-state index contributed by atoms with van der Waals surface area (Å²) in [4.78, 5) is 0.0324. The van der Waals surface area contributed by atoms with Crippen LogP contribution in [0.3, 0.4) is 0 Å². The second-order valence-electron chi connectivity index (χ2n) is 4.27. The third kappa shape index (κ3) is 3.72. The Balaban J connectivity index is 2.19. The van der Waals surface area contributed by atoms with Crippen molar-refractivity contribution in [1.82, 2.24) is 0 Å². The van der Waals surface area contributed by atoms with Gasteiger partial charge in [-0.05, 0) is 35.9 Å². The van der Waals surface area contributed by atoms with Crippen molar-refractivity contribution in [3.05, 3.63) is 52.5 Å². The maximum atomic E-state index is 11.3. The first kappa shape index (κ1) is 14.8. The number of hydrogen-bond acceptors (Lipinski definition) is 4. The number of anilines is 2. The zero-order valence-electron chi connectivity index (χ0n) is 10.5. The summed E-state index contributed by atoms with van der Waals surface area (Å²) in [6.07, 6.45) is 0. The molecule has 0 unspecified atom stereocenters. The lowest BCUT2D eigenvalue weighted by molar-refractivity contribution is 0.598. The zero-order chi connectivity index (χ0) is 14.8. The third-order valence-corrected chi connectivity index (χ3v) is 4.19. The van der Waals surface area contributed by atoms with Crippen molar-refractivity contribution in [2.45, 2.75) is 11.4 Å². The normalized spacial score (nSPS) is 11.3. The van der Waals surface area contributed by atoms with Gasteiger partial charge in [0.05, 0.1) is 16.3 Å². The SMILES string of the molecule is Nc1ccc(S(N)(=O)=O)cc1NCc1ccc(Br)cc1. The fraction of sp³-hybridized carbons (Fsp3) is 0.0769. The molecule has 0 aliphatic heterocycles. The highest BCUT2D eigenvalue weighted by Crippen LogP contribution is 2.23. The van der Waals surface area contributed by atoms with Gasteiger partial charge in [0.25, 0.3) is 0 Å². The highest BCUT2D eigenvalue weighted by Gasteiger charge is 2.10. The average Bonchev–Trinajstić information content (AvgIpc) is 2.38. The molecule has 0 fully saturated rings. The summed E-state index contributed by atoms with van der Waals surface area (Å²) in [6.45, 7) is 0.533. The molecule has 5 nitrogen and oxygen atoms in total. The number of hydrogen-bond donors (Lipinski definition) is 3. The summed E-state index contributed by atoms with van der Waals surface area (Å²) in [5.74, 6) is 0. The van der Waals surface area contributed by atoms with E-state index in [4.69, 9.17) is 10.9 Å². The van der Waals surface area contributed by atoms with Crippen LogP contribution in [0.1, 0.15) is 5.56 Å². The molecule has 0 atom stereocenters. The Morgan fingerprint density at radius 1 is 1.10 bits per heavy atom. The van der Waals surface area contributed by atoms with E-state index < -0.39 is 10.0 Å². The second kappa shape index (κ2) is 5.82. The molecule has 0 heterocycles. The van der Waals surface area contributed by atoms with Crippen molar-refractivity contribution in [2.75, 3.05) is 11.1 Å². The largest absolute Gasteiger partial charge is 0.397 e. The quantitative estimate of drug-likeness (QED) is 0.732. The summed E-state index contributed by atoms with van der Waals surface area (Å²) in [5, 5.41) is 8.20. The van der Waals surface area contributed by atoms with Crippen molar-refractivity contribution < 1.29 is 8.42 Å². The molecule has 20 heavy (non-hydrogen) atoms. The zero-order valence-corrected chi connectivity index (χ0v) is 12.9. The van der Waals surface area contributed by atoms with Crippen LogP contribution in [0.15, 0.2) is 51.8 Å². The Morgan fingerprint density at radius 2 is 1.75 bits per heavy atom. The minimum atomic E-state index is -3.73. The first-order chi connectivity index (χ1) is 9.36. The van der Waals surface area contributed by atoms with Crippen LogP contribution in [0.25, 0.3) is 0 Å². The van der Waals surface area contributed by atoms with Gasteiger partial charge in [-0.3, -0.25) is 0 Å². The first-order valence-corrected chi connectivity index (χ1v) is 8.11. The maximum Gasteiger partial charge on any atom is 0.238 e. The number of halogens is 1. The first-order valence-electron chi connectivity index (χ1n) is 5.77. The monoisotopic (exact) mass is 355 g/mol. The molecule has 2 aromatic rings. The molecule has 0 aliphatic carbocycles. The van der Waals surface area contributed by atoms with Crippen molar-refractivity contribution in [3.63, 3.8) is 0 Å². The fourth-order valence-corrected chi connectivity index (χ4v) is 2.47. The van der Waals surface area contributed by atoms with Crippen LogP contribution in [0.4, 0.5) is 11.4 Å². The smallest absolute Gasteiger partial charge is 0.238 e. The standard InChI is InChI=1S/C13H14BrN3O2S/c14-10-3-1-9(2-4-10)8-17-13-7-11(20(16,18)19)5-6-12(13)15/h1-7,17H,8,15H2,(H2,16,18,19). The predicted octanol–water partition coefficient (Wildman–Crippen LogP) is 2.29. The van der Waals surface area contributed by atoms with Crippen molar-refractivity contribution in [1.29, 1.82) is 0 Å². The molecule has 0 radical (unpaired) electrons. The van der Waals surface area contributed by atoms with Crippen molar-refractivity contribution >= 4 is 37.3 Å². The summed E-state index contributed by atoms with van der Waals surface area (Å²) < 4.78 is 23.6. The average molecular weight is 356 g/mol. The van der Waals surface area contributed by atoms with Crippen LogP contribution in [0, 0.1) is 0 Å². The van der Waals surface area contributed by atoms with Gasteiger partial charge in [-0.1, -0.05) is 28.1 Å². The molecule has 0 saturated heterocycles. The van der Waals surface area contributed by atoms with E-state index in [1.807, 2.05) is 24.3 Å². The van der Waals surface area contributed by atoms with Gasteiger partial charge in [0.15, 0.2) is 0 Å². The van der Waals surface area contributed by atoms with E-state index >= 15 is 0 Å². The second-order valence-corrected chi connectivity index (χ2v) is 6.75. The Labute approximate surface area is 126 Å². The molecule has 0 aromatic heterocycles. The Hall–Kier alpha value is -1.57. The van der Waals surface area contributed by atoms with E-state index in [-0.39, 0.29) is 4.90 Å². The van der Waals surface area contributed by atoms with E-state index in [1.165, 1.54) is 18.2 Å². The predicted molar refractivity (Wildman–Crippen MR) is 83.7 cm³/mol. The molecule has 2 aromatic carbocycles. The Bertz CT molecular complexity index is 715. The van der Waals surface area contributed by atoms with Crippen molar-refractivity contribution in [3.8, 4) is 0 Å². The molecule has 0 spiro atoms. The van der Waals surface area contributed by atoms with Gasteiger partial charge in [-0.15, -0.1) is 0 Å². The molecule has 2 rings (SSSR count). The lowest BCUT2D eigenvalue weighted by Gasteiger charge is -2.11. The van der Waals surface area contributed by atoms with Gasteiger partial charge in [-0.2, -0.15) is 0 Å². The van der Waals surface area contributed by atoms with Crippen LogP contribution in [-0.4, -0.2) is 8.42 Å². The van der Waals surface area contributed by atoms with Crippen LogP contribution in [-0.2, 0) is 16.6 Å². The molecule has 106 valence electrons. The van der Waals surface area contributed by atoms with Gasteiger partial charge < -0.3 is 11.1 Å². The van der Waals surface area contributed by atoms with E-state index in [2.05, 4.69) is 21.2 Å². The lowest BCUT2D eigenvalue weighted by Crippen LogP contribution is -2.13. The number of sulfonamides is 1. The number of benzene rings is 2. The maximum absolute atomic E-state index is 11.3. The van der Waals surface area contributed by atoms with Gasteiger partial charge in [-0.25, -0.2) is 13.6 Å². The van der Waals surface area contributed by atoms with Crippen molar-refractivity contribution in [2.24, 2.45) is 5.14 Å². The highest BCUT2D eigenvalue weighted by atomic mass is 79.9. The van der Waals surface area contributed by atoms with E-state index in [0.717, 1.165) is 10.0 Å². The van der Waals surface area contributed by atoms with Crippen LogP contribution in [0.5, 0.6) is 0 Å². The number of nitrogens with one attached hydrogen (secondary N) is 1. The topological polar surface area (TPSA) is 98.2 Å². The number of rotatable bonds is 4. The Morgan fingerprint density at radius 3 is 2.35 bits per heavy atom. The number of primary sulfonamides is 1. The van der Waals surface area contributed by atoms with E-state index in [9.17, 15) is 8.42 Å². The molecule has 5 N–H and O–H groups in total. The van der Waals surface area contributed by atoms with Crippen LogP contribution in [0.2, 0.25) is 0 Å². The van der Waals surface area contributed by atoms with Gasteiger partial charge in [0.2, 0.25) is 10.0 Å².